The summed E-state index contributed by atoms with van der Waals surface area (Å²) >= 11 is 0. The molecule has 0 aromatic heterocycles. The number of nitrogens with one attached hydrogen (secondary N) is 1. The van der Waals surface area contributed by atoms with E-state index < -0.39 is 0 Å². The number of nitrogens with zero attached hydrogens (tertiary/aromatic N) is 1. The van der Waals surface area contributed by atoms with E-state index in [4.69, 9.17) is 4.74 Å². The Morgan fingerprint density at radius 3 is 2.18 bits per heavy atom. The minimum Gasteiger partial charge on any atom is -0.497 e. The molecule has 1 amide bonds. The smallest absolute Gasteiger partial charge is 0.271 e. The Morgan fingerprint density at radius 2 is 1.64 bits per heavy atom. The summed E-state index contributed by atoms with van der Waals surface area (Å²) in [5, 5.41) is 4.30. The molecule has 1 N–H and O–H groups in total. The zero-order valence-electron chi connectivity index (χ0n) is 13.0. The highest BCUT2D eigenvalue weighted by Crippen LogP contribution is 2.12. The molecule has 0 radical (unpaired) electrons. The van der Waals surface area contributed by atoms with Gasteiger partial charge in [-0.1, -0.05) is 44.2 Å². The average molecular weight is 296 g/mol. The second kappa shape index (κ2) is 7.41. The van der Waals surface area contributed by atoms with Gasteiger partial charge in [-0.15, -0.1) is 0 Å². The first-order valence-corrected chi connectivity index (χ1v) is 7.19. The molecule has 0 fully saturated rings. The molecule has 0 saturated carbocycles. The van der Waals surface area contributed by atoms with E-state index in [-0.39, 0.29) is 11.8 Å². The van der Waals surface area contributed by atoms with Crippen molar-refractivity contribution in [2.24, 2.45) is 11.0 Å². The molecule has 4 nitrogen and oxygen atoms in total. The van der Waals surface area contributed by atoms with Gasteiger partial charge in [-0.3, -0.25) is 4.79 Å². The van der Waals surface area contributed by atoms with Gasteiger partial charge in [0.1, 0.15) is 5.75 Å². The number of ether oxygens (including phenoxy) is 1. The van der Waals surface area contributed by atoms with Crippen molar-refractivity contribution in [2.75, 3.05) is 7.11 Å². The Morgan fingerprint density at radius 1 is 1.00 bits per heavy atom. The van der Waals surface area contributed by atoms with Gasteiger partial charge in [0.05, 0.1) is 12.8 Å². The third-order valence-electron chi connectivity index (χ3n) is 3.25. The first-order valence-electron chi connectivity index (χ1n) is 7.19. The molecule has 22 heavy (non-hydrogen) atoms. The molecular formula is C18H20N2O2. The molecule has 114 valence electrons. The Hall–Kier alpha value is -2.62. The monoisotopic (exact) mass is 296 g/mol. The van der Waals surface area contributed by atoms with Crippen LogP contribution in [0.25, 0.3) is 0 Å². The van der Waals surface area contributed by atoms with E-state index in [1.165, 1.54) is 0 Å². The van der Waals surface area contributed by atoms with E-state index in [0.29, 0.717) is 11.3 Å². The van der Waals surface area contributed by atoms with Crippen LogP contribution in [0.4, 0.5) is 0 Å². The van der Waals surface area contributed by atoms with Crippen molar-refractivity contribution in [2.45, 2.75) is 13.8 Å². The molecule has 0 saturated heterocycles. The van der Waals surface area contributed by atoms with Gasteiger partial charge in [0.2, 0.25) is 0 Å². The van der Waals surface area contributed by atoms with Crippen LogP contribution in [0.15, 0.2) is 59.7 Å². The largest absolute Gasteiger partial charge is 0.497 e. The zero-order valence-corrected chi connectivity index (χ0v) is 13.0. The summed E-state index contributed by atoms with van der Waals surface area (Å²) in [7, 11) is 1.59. The minimum absolute atomic E-state index is 0.207. The van der Waals surface area contributed by atoms with Crippen molar-refractivity contribution in [3.8, 4) is 5.75 Å². The fourth-order valence-electron chi connectivity index (χ4n) is 2.05. The summed E-state index contributed by atoms with van der Waals surface area (Å²) in [6.07, 6.45) is 0. The number of hydrogen-bond donors (Lipinski definition) is 1. The van der Waals surface area contributed by atoms with Gasteiger partial charge in [-0.2, -0.15) is 5.10 Å². The molecule has 0 spiro atoms. The summed E-state index contributed by atoms with van der Waals surface area (Å²) in [5.74, 6) is 0.683. The molecule has 0 aliphatic rings. The number of methoxy groups -OCH3 is 1. The molecule has 0 aliphatic heterocycles. The van der Waals surface area contributed by atoms with Gasteiger partial charge < -0.3 is 4.74 Å². The highest BCUT2D eigenvalue weighted by atomic mass is 16.5. The van der Waals surface area contributed by atoms with Gasteiger partial charge >= 0.3 is 0 Å². The van der Waals surface area contributed by atoms with Crippen LogP contribution in [0.5, 0.6) is 5.75 Å². The van der Waals surface area contributed by atoms with Crippen molar-refractivity contribution in [1.29, 1.82) is 0 Å². The second-order valence-corrected chi connectivity index (χ2v) is 5.19. The maximum absolute atomic E-state index is 12.1. The number of benzene rings is 2. The number of carbonyl (C=O) groups excluding carboxylic acids is 1. The lowest BCUT2D eigenvalue weighted by atomic mass is 10.0. The predicted molar refractivity (Wildman–Crippen MR) is 88.3 cm³/mol. The third-order valence-corrected chi connectivity index (χ3v) is 3.25. The number of hydrogen-bond acceptors (Lipinski definition) is 3. The first kappa shape index (κ1) is 15.8. The molecule has 2 aromatic rings. The van der Waals surface area contributed by atoms with Crippen LogP contribution in [0.2, 0.25) is 0 Å². The van der Waals surface area contributed by atoms with E-state index >= 15 is 0 Å². The van der Waals surface area contributed by atoms with Crippen LogP contribution in [0.3, 0.4) is 0 Å². The average Bonchev–Trinajstić information content (AvgIpc) is 2.55. The summed E-state index contributed by atoms with van der Waals surface area (Å²) in [6.45, 7) is 4.09. The van der Waals surface area contributed by atoms with E-state index in [2.05, 4.69) is 10.5 Å². The van der Waals surface area contributed by atoms with E-state index in [0.717, 1.165) is 11.3 Å². The lowest BCUT2D eigenvalue weighted by Crippen LogP contribution is -2.22. The number of carbonyl (C=O) groups is 1. The molecule has 0 bridgehead atoms. The van der Waals surface area contributed by atoms with E-state index in [1.807, 2.05) is 44.2 Å². The molecular weight excluding hydrogens is 276 g/mol. The summed E-state index contributed by atoms with van der Waals surface area (Å²) < 4.78 is 5.08. The quantitative estimate of drug-likeness (QED) is 0.678. The van der Waals surface area contributed by atoms with E-state index in [1.54, 1.807) is 31.4 Å². The second-order valence-electron chi connectivity index (χ2n) is 5.19. The standard InChI is InChI=1S/C18H20N2O2/c1-13(2)17(14-7-5-4-6-8-14)19-20-18(21)15-9-11-16(22-3)12-10-15/h4-13H,1-3H3,(H,20,21). The van der Waals surface area contributed by atoms with Gasteiger partial charge in [0.15, 0.2) is 0 Å². The molecule has 2 rings (SSSR count). The maximum atomic E-state index is 12.1. The number of amides is 1. The SMILES string of the molecule is COc1ccc(C(=O)NN=C(c2ccccc2)C(C)C)cc1. The fraction of sp³-hybridized carbons (Fsp3) is 0.222. The molecule has 0 aliphatic carbocycles. The molecule has 2 aromatic carbocycles. The molecule has 0 atom stereocenters. The zero-order chi connectivity index (χ0) is 15.9. The normalized spacial score (nSPS) is 11.4. The molecule has 0 heterocycles. The minimum atomic E-state index is -0.239. The molecule has 0 unspecified atom stereocenters. The Bertz CT molecular complexity index is 647. The predicted octanol–water partition coefficient (Wildman–Crippen LogP) is 3.49. The Labute approximate surface area is 130 Å². The molecule has 4 heteroatoms. The number of rotatable bonds is 5. The van der Waals surface area contributed by atoms with Crippen LogP contribution in [0.1, 0.15) is 29.8 Å². The maximum Gasteiger partial charge on any atom is 0.271 e. The summed E-state index contributed by atoms with van der Waals surface area (Å²) in [5.41, 5.74) is 5.02. The van der Waals surface area contributed by atoms with Crippen molar-refractivity contribution in [3.05, 3.63) is 65.7 Å². The van der Waals surface area contributed by atoms with Crippen LogP contribution in [-0.2, 0) is 0 Å². The lowest BCUT2D eigenvalue weighted by Gasteiger charge is -2.10. The van der Waals surface area contributed by atoms with Crippen LogP contribution in [0, 0.1) is 5.92 Å². The van der Waals surface area contributed by atoms with Crippen LogP contribution >= 0.6 is 0 Å². The summed E-state index contributed by atoms with van der Waals surface area (Å²) in [4.78, 5) is 12.1. The topological polar surface area (TPSA) is 50.7 Å². The highest BCUT2D eigenvalue weighted by molar-refractivity contribution is 6.03. The van der Waals surface area contributed by atoms with Gasteiger partial charge in [0, 0.05) is 5.56 Å². The van der Waals surface area contributed by atoms with Gasteiger partial charge in [-0.25, -0.2) is 5.43 Å². The first-order chi connectivity index (χ1) is 10.6. The van der Waals surface area contributed by atoms with E-state index in [9.17, 15) is 4.79 Å². The lowest BCUT2D eigenvalue weighted by molar-refractivity contribution is 0.0954. The van der Waals surface area contributed by atoms with Crippen molar-refractivity contribution < 1.29 is 9.53 Å². The Kier molecular flexibility index (Phi) is 5.31. The van der Waals surface area contributed by atoms with Crippen LogP contribution < -0.4 is 10.2 Å². The Balaban J connectivity index is 2.15. The van der Waals surface area contributed by atoms with Crippen molar-refractivity contribution in [3.63, 3.8) is 0 Å². The van der Waals surface area contributed by atoms with Crippen molar-refractivity contribution >= 4 is 11.6 Å². The van der Waals surface area contributed by atoms with Crippen molar-refractivity contribution in [1.82, 2.24) is 5.43 Å². The number of hydrazone groups is 1. The van der Waals surface area contributed by atoms with Crippen LogP contribution in [-0.4, -0.2) is 18.7 Å². The fourth-order valence-corrected chi connectivity index (χ4v) is 2.05. The third kappa shape index (κ3) is 3.95. The highest BCUT2D eigenvalue weighted by Gasteiger charge is 2.10. The van der Waals surface area contributed by atoms with Gasteiger partial charge in [0.25, 0.3) is 5.91 Å². The summed E-state index contributed by atoms with van der Waals surface area (Å²) in [6, 6.07) is 16.8. The van der Waals surface area contributed by atoms with Gasteiger partial charge in [-0.05, 0) is 35.7 Å².